The van der Waals surface area contributed by atoms with Gasteiger partial charge in [-0.1, -0.05) is 38.8 Å². The summed E-state index contributed by atoms with van der Waals surface area (Å²) in [6.07, 6.45) is 5.47. The van der Waals surface area contributed by atoms with E-state index < -0.39 is 11.9 Å². The van der Waals surface area contributed by atoms with E-state index in [-0.39, 0.29) is 30.9 Å². The molecular formula is C22H30N2O4. The van der Waals surface area contributed by atoms with Crippen molar-refractivity contribution in [1.82, 2.24) is 5.32 Å². The molecule has 2 amide bonds. The van der Waals surface area contributed by atoms with E-state index in [0.29, 0.717) is 12.5 Å². The number of carbonyl (C=O) groups is 3. The topological polar surface area (TPSA) is 75.7 Å². The minimum Gasteiger partial charge on any atom is -0.455 e. The number of benzene rings is 1. The predicted molar refractivity (Wildman–Crippen MR) is 107 cm³/mol. The van der Waals surface area contributed by atoms with Crippen molar-refractivity contribution in [2.45, 2.75) is 58.4 Å². The number of carbonyl (C=O) groups excluding carboxylic acids is 3. The second-order valence-corrected chi connectivity index (χ2v) is 7.97. The molecule has 28 heavy (non-hydrogen) atoms. The van der Waals surface area contributed by atoms with Gasteiger partial charge in [0.15, 0.2) is 6.61 Å². The number of esters is 1. The molecule has 2 aliphatic rings. The Morgan fingerprint density at radius 2 is 1.89 bits per heavy atom. The van der Waals surface area contributed by atoms with Crippen molar-refractivity contribution in [3.8, 4) is 0 Å². The molecule has 1 aliphatic heterocycles. The van der Waals surface area contributed by atoms with Gasteiger partial charge < -0.3 is 15.0 Å². The lowest BCUT2D eigenvalue weighted by Gasteiger charge is -2.29. The average molecular weight is 386 g/mol. The van der Waals surface area contributed by atoms with Gasteiger partial charge in [0, 0.05) is 24.7 Å². The van der Waals surface area contributed by atoms with E-state index in [1.807, 2.05) is 24.3 Å². The van der Waals surface area contributed by atoms with Crippen LogP contribution >= 0.6 is 0 Å². The molecule has 1 aliphatic carbocycles. The molecule has 0 aromatic heterocycles. The molecule has 1 N–H and O–H groups in total. The molecule has 3 atom stereocenters. The Balaban J connectivity index is 1.48. The standard InChI is InChI=1S/C22H30N2O4/c1-3-16-8-10-18(11-9-16)24-13-17(12-21(24)26)22(27)28-14-20(25)23-19-7-5-4-6-15(19)2/h8-11,15,17,19H,3-7,12-14H2,1-2H3,(H,23,25)/t15-,17+,19+/m0/s1. The van der Waals surface area contributed by atoms with Crippen LogP contribution in [0.1, 0.15) is 51.5 Å². The lowest BCUT2D eigenvalue weighted by atomic mass is 9.86. The average Bonchev–Trinajstić information content (AvgIpc) is 3.10. The summed E-state index contributed by atoms with van der Waals surface area (Å²) in [6, 6.07) is 7.96. The number of ether oxygens (including phenoxy) is 1. The maximum atomic E-state index is 12.3. The molecule has 3 rings (SSSR count). The summed E-state index contributed by atoms with van der Waals surface area (Å²) < 4.78 is 5.20. The first-order chi connectivity index (χ1) is 13.5. The Bertz CT molecular complexity index is 716. The number of hydrogen-bond acceptors (Lipinski definition) is 4. The molecule has 1 aromatic carbocycles. The molecular weight excluding hydrogens is 356 g/mol. The second-order valence-electron chi connectivity index (χ2n) is 7.97. The van der Waals surface area contributed by atoms with Crippen LogP contribution in [0, 0.1) is 11.8 Å². The number of rotatable bonds is 6. The molecule has 1 saturated heterocycles. The van der Waals surface area contributed by atoms with E-state index >= 15 is 0 Å². The molecule has 0 spiro atoms. The number of anilines is 1. The smallest absolute Gasteiger partial charge is 0.311 e. The van der Waals surface area contributed by atoms with Gasteiger partial charge in [-0.25, -0.2) is 0 Å². The van der Waals surface area contributed by atoms with E-state index in [9.17, 15) is 14.4 Å². The molecule has 6 heteroatoms. The first-order valence-electron chi connectivity index (χ1n) is 10.3. The summed E-state index contributed by atoms with van der Waals surface area (Å²) in [4.78, 5) is 38.4. The van der Waals surface area contributed by atoms with Crippen molar-refractivity contribution >= 4 is 23.5 Å². The van der Waals surface area contributed by atoms with E-state index in [1.165, 1.54) is 12.0 Å². The van der Waals surface area contributed by atoms with Crippen molar-refractivity contribution in [2.24, 2.45) is 11.8 Å². The van der Waals surface area contributed by atoms with Crippen LogP contribution in [0.4, 0.5) is 5.69 Å². The van der Waals surface area contributed by atoms with Crippen LogP contribution in [-0.4, -0.2) is 37.0 Å². The third-order valence-corrected chi connectivity index (χ3v) is 5.92. The predicted octanol–water partition coefficient (Wildman–Crippen LogP) is 2.84. The Morgan fingerprint density at radius 1 is 1.18 bits per heavy atom. The summed E-state index contributed by atoms with van der Waals surface area (Å²) in [6.45, 7) is 4.23. The number of nitrogens with one attached hydrogen (secondary N) is 1. The summed E-state index contributed by atoms with van der Waals surface area (Å²) >= 11 is 0. The quantitative estimate of drug-likeness (QED) is 0.763. The number of aryl methyl sites for hydroxylation is 1. The lowest BCUT2D eigenvalue weighted by Crippen LogP contribution is -2.43. The van der Waals surface area contributed by atoms with Crippen LogP contribution in [0.3, 0.4) is 0 Å². The fourth-order valence-corrected chi connectivity index (χ4v) is 4.06. The highest BCUT2D eigenvalue weighted by atomic mass is 16.5. The zero-order valence-electron chi connectivity index (χ0n) is 16.8. The van der Waals surface area contributed by atoms with Gasteiger partial charge in [-0.3, -0.25) is 14.4 Å². The SMILES string of the molecule is CCc1ccc(N2C[C@H](C(=O)OCC(=O)N[C@@H]3CCCC[C@@H]3C)CC2=O)cc1. The van der Waals surface area contributed by atoms with Crippen LogP contribution in [0.2, 0.25) is 0 Å². The fraction of sp³-hybridized carbons (Fsp3) is 0.591. The highest BCUT2D eigenvalue weighted by Gasteiger charge is 2.36. The van der Waals surface area contributed by atoms with Crippen LogP contribution in [-0.2, 0) is 25.5 Å². The summed E-state index contributed by atoms with van der Waals surface area (Å²) in [5, 5.41) is 2.98. The highest BCUT2D eigenvalue weighted by molar-refractivity contribution is 5.99. The maximum absolute atomic E-state index is 12.3. The molecule has 0 radical (unpaired) electrons. The monoisotopic (exact) mass is 386 g/mol. The largest absolute Gasteiger partial charge is 0.455 e. The Hall–Kier alpha value is -2.37. The van der Waals surface area contributed by atoms with Gasteiger partial charge in [0.25, 0.3) is 5.91 Å². The highest BCUT2D eigenvalue weighted by Crippen LogP contribution is 2.26. The Morgan fingerprint density at radius 3 is 2.57 bits per heavy atom. The summed E-state index contributed by atoms with van der Waals surface area (Å²) in [5.41, 5.74) is 1.99. The molecule has 6 nitrogen and oxygen atoms in total. The minimum absolute atomic E-state index is 0.0910. The van der Waals surface area contributed by atoms with Gasteiger partial charge in [-0.15, -0.1) is 0 Å². The lowest BCUT2D eigenvalue weighted by molar-refractivity contribution is -0.152. The van der Waals surface area contributed by atoms with Crippen LogP contribution in [0.5, 0.6) is 0 Å². The third kappa shape index (κ3) is 4.91. The van der Waals surface area contributed by atoms with Crippen LogP contribution < -0.4 is 10.2 Å². The van der Waals surface area contributed by atoms with Crippen LogP contribution in [0.25, 0.3) is 0 Å². The Labute approximate surface area is 166 Å². The molecule has 1 heterocycles. The van der Waals surface area contributed by atoms with Gasteiger partial charge in [-0.05, 0) is 42.9 Å². The summed E-state index contributed by atoms with van der Waals surface area (Å²) in [5.74, 6) is -0.906. The van der Waals surface area contributed by atoms with Gasteiger partial charge in [0.1, 0.15) is 0 Å². The zero-order valence-corrected chi connectivity index (χ0v) is 16.8. The fourth-order valence-electron chi connectivity index (χ4n) is 4.06. The third-order valence-electron chi connectivity index (χ3n) is 5.92. The van der Waals surface area contributed by atoms with Crippen molar-refractivity contribution in [3.63, 3.8) is 0 Å². The Kier molecular flexibility index (Phi) is 6.70. The zero-order chi connectivity index (χ0) is 20.1. The molecule has 1 aromatic rings. The minimum atomic E-state index is -0.528. The van der Waals surface area contributed by atoms with Crippen LogP contribution in [0.15, 0.2) is 24.3 Å². The van der Waals surface area contributed by atoms with Crippen molar-refractivity contribution in [1.29, 1.82) is 0 Å². The van der Waals surface area contributed by atoms with Crippen molar-refractivity contribution in [3.05, 3.63) is 29.8 Å². The number of amides is 2. The van der Waals surface area contributed by atoms with Gasteiger partial charge >= 0.3 is 5.97 Å². The van der Waals surface area contributed by atoms with Gasteiger partial charge in [0.2, 0.25) is 5.91 Å². The van der Waals surface area contributed by atoms with E-state index in [1.54, 1.807) is 4.90 Å². The molecule has 2 fully saturated rings. The van der Waals surface area contributed by atoms with Gasteiger partial charge in [-0.2, -0.15) is 0 Å². The normalized spacial score (nSPS) is 24.9. The van der Waals surface area contributed by atoms with Crippen molar-refractivity contribution < 1.29 is 19.1 Å². The maximum Gasteiger partial charge on any atom is 0.311 e. The first kappa shape index (κ1) is 20.4. The molecule has 1 saturated carbocycles. The summed E-state index contributed by atoms with van der Waals surface area (Å²) in [7, 11) is 0. The number of nitrogens with zero attached hydrogens (tertiary/aromatic N) is 1. The van der Waals surface area contributed by atoms with E-state index in [4.69, 9.17) is 4.74 Å². The van der Waals surface area contributed by atoms with E-state index in [0.717, 1.165) is 31.4 Å². The van der Waals surface area contributed by atoms with E-state index in [2.05, 4.69) is 19.2 Å². The first-order valence-corrected chi connectivity index (χ1v) is 10.3. The molecule has 152 valence electrons. The molecule has 0 unspecified atom stereocenters. The second kappa shape index (κ2) is 9.22. The molecule has 0 bridgehead atoms. The number of hydrogen-bond donors (Lipinski definition) is 1. The van der Waals surface area contributed by atoms with Crippen molar-refractivity contribution in [2.75, 3.05) is 18.1 Å². The van der Waals surface area contributed by atoms with Gasteiger partial charge in [0.05, 0.1) is 5.92 Å².